The number of hydrogen-bond donors (Lipinski definition) is 0. The summed E-state index contributed by atoms with van der Waals surface area (Å²) in [4.78, 5) is 0. The monoisotopic (exact) mass is 286 g/mol. The van der Waals surface area contributed by atoms with Crippen molar-refractivity contribution in [2.75, 3.05) is 14.2 Å². The fraction of sp³-hybridized carbons (Fsp3) is 0.143. The van der Waals surface area contributed by atoms with E-state index in [9.17, 15) is 17.6 Å². The van der Waals surface area contributed by atoms with Gasteiger partial charge in [-0.25, -0.2) is 17.6 Å². The second kappa shape index (κ2) is 5.40. The van der Waals surface area contributed by atoms with Crippen molar-refractivity contribution in [3.05, 3.63) is 47.5 Å². The molecule has 0 atom stereocenters. The van der Waals surface area contributed by atoms with Gasteiger partial charge in [-0.3, -0.25) is 0 Å². The molecule has 0 unspecified atom stereocenters. The van der Waals surface area contributed by atoms with Gasteiger partial charge in [-0.2, -0.15) is 0 Å². The van der Waals surface area contributed by atoms with Crippen molar-refractivity contribution in [2.45, 2.75) is 0 Å². The van der Waals surface area contributed by atoms with Crippen molar-refractivity contribution in [1.29, 1.82) is 0 Å². The average Bonchev–Trinajstić information content (AvgIpc) is 2.47. The minimum Gasteiger partial charge on any atom is -0.493 e. The van der Waals surface area contributed by atoms with Gasteiger partial charge < -0.3 is 9.47 Å². The topological polar surface area (TPSA) is 18.5 Å². The van der Waals surface area contributed by atoms with Crippen molar-refractivity contribution < 1.29 is 27.0 Å². The fourth-order valence-electron chi connectivity index (χ4n) is 1.87. The lowest BCUT2D eigenvalue weighted by atomic mass is 10.0. The Balaban J connectivity index is 2.75. The Hall–Kier alpha value is -2.24. The van der Waals surface area contributed by atoms with Gasteiger partial charge in [0.15, 0.2) is 34.8 Å². The van der Waals surface area contributed by atoms with E-state index < -0.39 is 28.8 Å². The lowest BCUT2D eigenvalue weighted by Crippen LogP contribution is -2.00. The molecular formula is C14H10F4O2. The zero-order valence-corrected chi connectivity index (χ0v) is 10.6. The van der Waals surface area contributed by atoms with Gasteiger partial charge in [-0.1, -0.05) is 12.1 Å². The van der Waals surface area contributed by atoms with Gasteiger partial charge in [0, 0.05) is 11.1 Å². The number of benzene rings is 2. The van der Waals surface area contributed by atoms with Crippen LogP contribution in [0.2, 0.25) is 0 Å². The highest BCUT2D eigenvalue weighted by molar-refractivity contribution is 5.74. The maximum atomic E-state index is 13.8. The SMILES string of the molecule is COc1cccc(-c2cc(F)c(F)c(F)c2F)c1OC. The lowest BCUT2D eigenvalue weighted by molar-refractivity contribution is 0.355. The normalized spacial score (nSPS) is 10.5. The van der Waals surface area contributed by atoms with Crippen LogP contribution < -0.4 is 9.47 Å². The molecule has 0 amide bonds. The van der Waals surface area contributed by atoms with Crippen LogP contribution in [0.25, 0.3) is 11.1 Å². The Morgan fingerprint density at radius 2 is 1.50 bits per heavy atom. The second-order valence-corrected chi connectivity index (χ2v) is 3.89. The standard InChI is InChI=1S/C14H10F4O2/c1-19-10-5-3-4-7(14(10)20-2)8-6-9(15)12(17)13(18)11(8)16/h3-6H,1-2H3. The third kappa shape index (κ3) is 2.17. The summed E-state index contributed by atoms with van der Waals surface area (Å²) in [5.74, 6) is -6.34. The summed E-state index contributed by atoms with van der Waals surface area (Å²) in [5, 5.41) is 0. The zero-order chi connectivity index (χ0) is 14.9. The average molecular weight is 286 g/mol. The first-order valence-electron chi connectivity index (χ1n) is 5.55. The van der Waals surface area contributed by atoms with Gasteiger partial charge in [-0.15, -0.1) is 0 Å². The molecule has 0 aromatic heterocycles. The van der Waals surface area contributed by atoms with Gasteiger partial charge in [0.05, 0.1) is 14.2 Å². The van der Waals surface area contributed by atoms with Crippen LogP contribution in [0, 0.1) is 23.3 Å². The molecule has 0 aliphatic carbocycles. The Kier molecular flexibility index (Phi) is 3.83. The van der Waals surface area contributed by atoms with E-state index in [4.69, 9.17) is 9.47 Å². The van der Waals surface area contributed by atoms with Crippen LogP contribution in [0.1, 0.15) is 0 Å². The molecule has 0 aliphatic heterocycles. The van der Waals surface area contributed by atoms with Crippen LogP contribution in [-0.2, 0) is 0 Å². The maximum Gasteiger partial charge on any atom is 0.198 e. The van der Waals surface area contributed by atoms with Gasteiger partial charge in [0.2, 0.25) is 0 Å². The number of para-hydroxylation sites is 1. The maximum absolute atomic E-state index is 13.8. The molecule has 0 heterocycles. The molecule has 0 N–H and O–H groups in total. The highest BCUT2D eigenvalue weighted by atomic mass is 19.2. The summed E-state index contributed by atoms with van der Waals surface area (Å²) in [7, 11) is 2.67. The number of rotatable bonds is 3. The number of halogens is 4. The van der Waals surface area contributed by atoms with Crippen LogP contribution in [0.15, 0.2) is 24.3 Å². The quantitative estimate of drug-likeness (QED) is 0.483. The number of ether oxygens (including phenoxy) is 2. The van der Waals surface area contributed by atoms with Gasteiger partial charge in [0.25, 0.3) is 0 Å². The molecule has 2 nitrogen and oxygen atoms in total. The van der Waals surface area contributed by atoms with Crippen molar-refractivity contribution in [1.82, 2.24) is 0 Å². The molecule has 2 aromatic rings. The first-order chi connectivity index (χ1) is 9.51. The molecule has 0 bridgehead atoms. The molecular weight excluding hydrogens is 276 g/mol. The van der Waals surface area contributed by atoms with Crippen LogP contribution in [0.5, 0.6) is 11.5 Å². The highest BCUT2D eigenvalue weighted by Gasteiger charge is 2.22. The van der Waals surface area contributed by atoms with Crippen molar-refractivity contribution in [3.63, 3.8) is 0 Å². The van der Waals surface area contributed by atoms with Crippen LogP contribution in [0.4, 0.5) is 17.6 Å². The minimum atomic E-state index is -1.87. The molecule has 20 heavy (non-hydrogen) atoms. The summed E-state index contributed by atoms with van der Waals surface area (Å²) in [6.07, 6.45) is 0. The molecule has 2 rings (SSSR count). The van der Waals surface area contributed by atoms with E-state index >= 15 is 0 Å². The zero-order valence-electron chi connectivity index (χ0n) is 10.6. The van der Waals surface area contributed by atoms with Crippen LogP contribution >= 0.6 is 0 Å². The van der Waals surface area contributed by atoms with E-state index in [0.29, 0.717) is 6.07 Å². The molecule has 0 fully saturated rings. The van der Waals surface area contributed by atoms with Gasteiger partial charge in [0.1, 0.15) is 0 Å². The van der Waals surface area contributed by atoms with E-state index in [1.54, 1.807) is 0 Å². The largest absolute Gasteiger partial charge is 0.493 e. The highest BCUT2D eigenvalue weighted by Crippen LogP contribution is 2.39. The summed E-state index contributed by atoms with van der Waals surface area (Å²) in [5.41, 5.74) is -0.390. The third-order valence-corrected chi connectivity index (χ3v) is 2.80. The smallest absolute Gasteiger partial charge is 0.198 e. The molecule has 106 valence electrons. The van der Waals surface area contributed by atoms with E-state index in [0.717, 1.165) is 0 Å². The van der Waals surface area contributed by atoms with Crippen molar-refractivity contribution in [3.8, 4) is 22.6 Å². The first kappa shape index (κ1) is 14.2. The van der Waals surface area contributed by atoms with E-state index in [1.807, 2.05) is 0 Å². The minimum absolute atomic E-state index is 0.0575. The Morgan fingerprint density at radius 3 is 2.10 bits per heavy atom. The molecule has 0 radical (unpaired) electrons. The van der Waals surface area contributed by atoms with Crippen LogP contribution in [0.3, 0.4) is 0 Å². The summed E-state index contributed by atoms with van der Waals surface area (Å²) >= 11 is 0. The summed E-state index contributed by atoms with van der Waals surface area (Å²) < 4.78 is 63.4. The van der Waals surface area contributed by atoms with E-state index in [-0.39, 0.29) is 17.1 Å². The summed E-state index contributed by atoms with van der Waals surface area (Å²) in [6, 6.07) is 4.99. The predicted molar refractivity (Wildman–Crippen MR) is 64.8 cm³/mol. The summed E-state index contributed by atoms with van der Waals surface area (Å²) in [6.45, 7) is 0. The van der Waals surface area contributed by atoms with Gasteiger partial charge >= 0.3 is 0 Å². The fourth-order valence-corrected chi connectivity index (χ4v) is 1.87. The molecule has 0 saturated carbocycles. The second-order valence-electron chi connectivity index (χ2n) is 3.89. The molecule has 0 aliphatic rings. The van der Waals surface area contributed by atoms with E-state index in [2.05, 4.69) is 0 Å². The predicted octanol–water partition coefficient (Wildman–Crippen LogP) is 3.93. The Labute approximate surface area is 112 Å². The molecule has 6 heteroatoms. The first-order valence-corrected chi connectivity index (χ1v) is 5.55. The van der Waals surface area contributed by atoms with Gasteiger partial charge in [-0.05, 0) is 12.1 Å². The molecule has 2 aromatic carbocycles. The lowest BCUT2D eigenvalue weighted by Gasteiger charge is -2.13. The third-order valence-electron chi connectivity index (χ3n) is 2.80. The Morgan fingerprint density at radius 1 is 0.800 bits per heavy atom. The van der Waals surface area contributed by atoms with Crippen LogP contribution in [-0.4, -0.2) is 14.2 Å². The van der Waals surface area contributed by atoms with E-state index in [1.165, 1.54) is 32.4 Å². The van der Waals surface area contributed by atoms with Crippen molar-refractivity contribution in [2.24, 2.45) is 0 Å². The van der Waals surface area contributed by atoms with Crippen molar-refractivity contribution >= 4 is 0 Å². The molecule has 0 saturated heterocycles. The number of hydrogen-bond acceptors (Lipinski definition) is 2. The number of methoxy groups -OCH3 is 2. The molecule has 0 spiro atoms. The Bertz CT molecular complexity index is 656.